The molecule has 0 aromatic rings. The Morgan fingerprint density at radius 2 is 1.75 bits per heavy atom. The van der Waals surface area contributed by atoms with E-state index in [-0.39, 0.29) is 5.92 Å². The van der Waals surface area contributed by atoms with Gasteiger partial charge in [-0.2, -0.15) is 0 Å². The maximum Gasteiger partial charge on any atom is 0.187 e. The van der Waals surface area contributed by atoms with Crippen molar-refractivity contribution >= 4 is 0 Å². The molecule has 1 aliphatic heterocycles. The molecule has 0 bridgehead atoms. The van der Waals surface area contributed by atoms with Crippen LogP contribution in [0.2, 0.25) is 0 Å². The van der Waals surface area contributed by atoms with Gasteiger partial charge in [0.2, 0.25) is 0 Å². The van der Waals surface area contributed by atoms with Crippen molar-refractivity contribution in [2.75, 3.05) is 13.2 Å². The van der Waals surface area contributed by atoms with E-state index in [2.05, 4.69) is 0 Å². The lowest BCUT2D eigenvalue weighted by Gasteiger charge is -2.50. The van der Waals surface area contributed by atoms with Crippen LogP contribution in [0.3, 0.4) is 0 Å². The van der Waals surface area contributed by atoms with Crippen molar-refractivity contribution in [1.82, 2.24) is 0 Å². The Balaban J connectivity index is 2.13. The van der Waals surface area contributed by atoms with Crippen LogP contribution in [-0.2, 0) is 9.47 Å². The molecule has 2 rings (SSSR count). The summed E-state index contributed by atoms with van der Waals surface area (Å²) in [6, 6.07) is 0. The smallest absolute Gasteiger partial charge is 0.187 e. The Bertz CT molecular complexity index is 537. The van der Waals surface area contributed by atoms with Crippen LogP contribution in [0.15, 0.2) is 12.2 Å². The summed E-state index contributed by atoms with van der Waals surface area (Å²) in [5.74, 6) is -0.242. The molecule has 1 heterocycles. The van der Waals surface area contributed by atoms with Gasteiger partial charge in [0.25, 0.3) is 0 Å². The van der Waals surface area contributed by atoms with Gasteiger partial charge in [-0.25, -0.2) is 0 Å². The first-order chi connectivity index (χ1) is 13.0. The van der Waals surface area contributed by atoms with Gasteiger partial charge in [-0.1, -0.05) is 32.9 Å². The molecule has 1 saturated carbocycles. The van der Waals surface area contributed by atoms with Crippen LogP contribution in [-0.4, -0.2) is 97.5 Å². The summed E-state index contributed by atoms with van der Waals surface area (Å²) in [6.07, 6.45) is -4.80. The number of rotatable bonds is 6. The van der Waals surface area contributed by atoms with E-state index in [0.717, 1.165) is 0 Å². The molecule has 28 heavy (non-hydrogen) atoms. The van der Waals surface area contributed by atoms with Crippen LogP contribution in [0.25, 0.3) is 0 Å². The van der Waals surface area contributed by atoms with Crippen LogP contribution < -0.4 is 0 Å². The van der Waals surface area contributed by atoms with E-state index in [1.54, 1.807) is 0 Å². The predicted octanol–water partition coefficient (Wildman–Crippen LogP) is -1.73. The quantitative estimate of drug-likeness (QED) is 0.254. The molecule has 0 spiro atoms. The molecule has 2 fully saturated rings. The highest BCUT2D eigenvalue weighted by Crippen LogP contribution is 2.48. The number of aliphatic hydroxyl groups excluding tert-OH is 6. The summed E-state index contributed by atoms with van der Waals surface area (Å²) in [7, 11) is 0. The first-order valence-electron chi connectivity index (χ1n) is 9.63. The van der Waals surface area contributed by atoms with Gasteiger partial charge in [-0.15, -0.1) is 0 Å². The molecule has 0 radical (unpaired) electrons. The van der Waals surface area contributed by atoms with E-state index >= 15 is 0 Å². The summed E-state index contributed by atoms with van der Waals surface area (Å²) in [5.41, 5.74) is -1.87. The summed E-state index contributed by atoms with van der Waals surface area (Å²) >= 11 is 0. The van der Waals surface area contributed by atoms with Crippen LogP contribution in [0.1, 0.15) is 33.6 Å². The first kappa shape index (κ1) is 23.7. The number of aliphatic hydroxyl groups is 7. The molecule has 9 nitrogen and oxygen atoms in total. The van der Waals surface area contributed by atoms with E-state index in [9.17, 15) is 35.7 Å². The minimum absolute atomic E-state index is 0.242. The second kappa shape index (κ2) is 9.03. The maximum absolute atomic E-state index is 11.2. The van der Waals surface area contributed by atoms with E-state index in [0.29, 0.717) is 12.8 Å². The Hall–Kier alpha value is -0.620. The Morgan fingerprint density at radius 3 is 2.29 bits per heavy atom. The van der Waals surface area contributed by atoms with E-state index < -0.39 is 67.1 Å². The number of hydrogen-bond acceptors (Lipinski definition) is 9. The van der Waals surface area contributed by atoms with Crippen molar-refractivity contribution < 1.29 is 45.2 Å². The van der Waals surface area contributed by atoms with Crippen molar-refractivity contribution in [2.24, 2.45) is 11.3 Å². The van der Waals surface area contributed by atoms with Gasteiger partial charge in [0.15, 0.2) is 6.29 Å². The molecule has 0 amide bonds. The zero-order valence-corrected chi connectivity index (χ0v) is 16.5. The summed E-state index contributed by atoms with van der Waals surface area (Å²) in [6.45, 7) is 4.46. The summed E-state index contributed by atoms with van der Waals surface area (Å²) < 4.78 is 10.8. The topological polar surface area (TPSA) is 160 Å². The standard InChI is InChI=1S/C19H34O9/c1-10-6-11(22)7-18(2,3)19(10,26)5-4-12(8-20)27-17-16(25)15(24)14(23)13(9-21)28-17/h4-5,10-17,20-26H,6-9H2,1-3H3/b5-4+/t10-,11+,12-,13-,14-,15+,16-,17-,19-/m1/s1. The highest BCUT2D eigenvalue weighted by molar-refractivity contribution is 5.15. The van der Waals surface area contributed by atoms with Crippen molar-refractivity contribution in [2.45, 2.75) is 82.1 Å². The minimum atomic E-state index is -1.58. The second-order valence-electron chi connectivity index (χ2n) is 8.62. The van der Waals surface area contributed by atoms with Gasteiger partial charge in [-0.3, -0.25) is 0 Å². The Kier molecular flexibility index (Phi) is 7.63. The molecule has 0 aromatic carbocycles. The average Bonchev–Trinajstić information content (AvgIpc) is 2.62. The van der Waals surface area contributed by atoms with E-state index in [1.807, 2.05) is 20.8 Å². The molecule has 1 saturated heterocycles. The summed E-state index contributed by atoms with van der Waals surface area (Å²) in [4.78, 5) is 0. The molecule has 0 unspecified atom stereocenters. The number of hydrogen-bond donors (Lipinski definition) is 7. The number of ether oxygens (including phenoxy) is 2. The summed E-state index contributed by atoms with van der Waals surface area (Å²) in [5, 5.41) is 69.8. The van der Waals surface area contributed by atoms with Crippen molar-refractivity contribution in [3.05, 3.63) is 12.2 Å². The van der Waals surface area contributed by atoms with Gasteiger partial charge in [-0.05, 0) is 24.2 Å². The van der Waals surface area contributed by atoms with Crippen LogP contribution >= 0.6 is 0 Å². The van der Waals surface area contributed by atoms with E-state index in [4.69, 9.17) is 9.47 Å². The zero-order valence-electron chi connectivity index (χ0n) is 16.5. The monoisotopic (exact) mass is 406 g/mol. The highest BCUT2D eigenvalue weighted by Gasteiger charge is 2.50. The molecule has 9 atom stereocenters. The lowest BCUT2D eigenvalue weighted by atomic mass is 9.60. The average molecular weight is 406 g/mol. The molecule has 9 heteroatoms. The highest BCUT2D eigenvalue weighted by atomic mass is 16.7. The molecule has 0 aromatic heterocycles. The van der Waals surface area contributed by atoms with E-state index in [1.165, 1.54) is 12.2 Å². The first-order valence-corrected chi connectivity index (χ1v) is 9.63. The van der Waals surface area contributed by atoms with Gasteiger partial charge in [0.1, 0.15) is 30.5 Å². The third-order valence-corrected chi connectivity index (χ3v) is 6.11. The third kappa shape index (κ3) is 4.58. The maximum atomic E-state index is 11.2. The Morgan fingerprint density at radius 1 is 1.11 bits per heavy atom. The molecular weight excluding hydrogens is 372 g/mol. The van der Waals surface area contributed by atoms with Crippen molar-refractivity contribution in [3.63, 3.8) is 0 Å². The molecule has 7 N–H and O–H groups in total. The normalized spacial score (nSPS) is 45.3. The lowest BCUT2D eigenvalue weighted by molar-refractivity contribution is -0.309. The third-order valence-electron chi connectivity index (χ3n) is 6.11. The largest absolute Gasteiger partial charge is 0.394 e. The van der Waals surface area contributed by atoms with Gasteiger partial charge in [0.05, 0.1) is 24.9 Å². The molecular formula is C19H34O9. The molecule has 1 aliphatic carbocycles. The SMILES string of the molecule is C[C@@H]1C[C@H](O)CC(C)(C)[C@@]1(O)/C=C/[C@H](CO)O[C@@H]1O[C@H](CO)[C@@H](O)[C@H](O)[C@H]1O. The van der Waals surface area contributed by atoms with Gasteiger partial charge in [0, 0.05) is 0 Å². The van der Waals surface area contributed by atoms with Crippen molar-refractivity contribution in [1.29, 1.82) is 0 Å². The Labute approximate surface area is 164 Å². The van der Waals surface area contributed by atoms with Crippen molar-refractivity contribution in [3.8, 4) is 0 Å². The lowest BCUT2D eigenvalue weighted by Crippen LogP contribution is -2.59. The van der Waals surface area contributed by atoms with Gasteiger partial charge >= 0.3 is 0 Å². The molecule has 164 valence electrons. The second-order valence-corrected chi connectivity index (χ2v) is 8.62. The molecule has 2 aliphatic rings. The van der Waals surface area contributed by atoms with Crippen LogP contribution in [0, 0.1) is 11.3 Å². The fourth-order valence-electron chi connectivity index (χ4n) is 4.24. The zero-order chi connectivity index (χ0) is 21.3. The van der Waals surface area contributed by atoms with Gasteiger partial charge < -0.3 is 45.2 Å². The minimum Gasteiger partial charge on any atom is -0.394 e. The fraction of sp³-hybridized carbons (Fsp3) is 0.895. The van der Waals surface area contributed by atoms with Crippen LogP contribution in [0.5, 0.6) is 0 Å². The fourth-order valence-corrected chi connectivity index (χ4v) is 4.24. The van der Waals surface area contributed by atoms with Crippen LogP contribution in [0.4, 0.5) is 0 Å². The predicted molar refractivity (Wildman–Crippen MR) is 98.0 cm³/mol.